The molecule has 0 spiro atoms. The molecule has 0 aliphatic heterocycles. The number of carbonyl (C=O) groups is 1. The van der Waals surface area contributed by atoms with Gasteiger partial charge in [-0.2, -0.15) is 0 Å². The minimum absolute atomic E-state index is 0.0911. The van der Waals surface area contributed by atoms with Crippen molar-refractivity contribution in [2.24, 2.45) is 0 Å². The van der Waals surface area contributed by atoms with Gasteiger partial charge < -0.3 is 14.1 Å². The van der Waals surface area contributed by atoms with Crippen molar-refractivity contribution in [2.45, 2.75) is 13.5 Å². The molecule has 0 amide bonds. The zero-order valence-corrected chi connectivity index (χ0v) is 17.6. The van der Waals surface area contributed by atoms with E-state index in [0.29, 0.717) is 23.4 Å². The Labute approximate surface area is 187 Å². The summed E-state index contributed by atoms with van der Waals surface area (Å²) >= 11 is 0. The number of carboxylic acids is 1. The highest BCUT2D eigenvalue weighted by molar-refractivity contribution is 5.94. The van der Waals surface area contributed by atoms with Crippen LogP contribution in [0.5, 0.6) is 0 Å². The predicted octanol–water partition coefficient (Wildman–Crippen LogP) is 4.17. The molecule has 3 aromatic carbocycles. The molecule has 162 valence electrons. The van der Waals surface area contributed by atoms with Crippen LogP contribution in [0.1, 0.15) is 21.6 Å². The summed E-state index contributed by atoms with van der Waals surface area (Å²) in [6.07, 6.45) is 0. The summed E-state index contributed by atoms with van der Waals surface area (Å²) in [5, 5.41) is 17.5. The van der Waals surface area contributed by atoms with Crippen molar-refractivity contribution in [1.29, 1.82) is 0 Å². The Hall–Kier alpha value is -4.59. The minimum Gasteiger partial charge on any atom is -0.478 e. The third kappa shape index (κ3) is 3.78. The number of aromatic carboxylic acids is 1. The van der Waals surface area contributed by atoms with Gasteiger partial charge in [-0.05, 0) is 48.9 Å². The molecule has 0 saturated carbocycles. The number of nitrogens with zero attached hydrogens (tertiary/aromatic N) is 4. The number of para-hydroxylation sites is 2. The highest BCUT2D eigenvalue weighted by Crippen LogP contribution is 2.27. The van der Waals surface area contributed by atoms with Crippen LogP contribution in [0.3, 0.4) is 0 Å². The maximum Gasteiger partial charge on any atom is 0.336 e. The molecule has 33 heavy (non-hydrogen) atoms. The molecule has 1 N–H and O–H groups in total. The lowest BCUT2D eigenvalue weighted by Gasteiger charge is -2.11. The van der Waals surface area contributed by atoms with E-state index < -0.39 is 5.97 Å². The van der Waals surface area contributed by atoms with E-state index in [4.69, 9.17) is 4.42 Å². The van der Waals surface area contributed by atoms with Gasteiger partial charge >= 0.3 is 5.97 Å². The van der Waals surface area contributed by atoms with Crippen LogP contribution in [-0.2, 0) is 6.54 Å². The second-order valence-electron chi connectivity index (χ2n) is 7.54. The second kappa shape index (κ2) is 8.16. The summed E-state index contributed by atoms with van der Waals surface area (Å²) < 4.78 is 7.46. The van der Waals surface area contributed by atoms with E-state index >= 15 is 0 Å². The molecule has 0 saturated heterocycles. The van der Waals surface area contributed by atoms with Crippen LogP contribution >= 0.6 is 0 Å². The fourth-order valence-corrected chi connectivity index (χ4v) is 3.72. The van der Waals surface area contributed by atoms with Crippen LogP contribution in [0.15, 0.2) is 82.0 Å². The molecule has 0 unspecified atom stereocenters. The van der Waals surface area contributed by atoms with Crippen LogP contribution in [0.25, 0.3) is 33.9 Å². The normalized spacial score (nSPS) is 11.1. The van der Waals surface area contributed by atoms with Gasteiger partial charge in [-0.25, -0.2) is 9.78 Å². The summed E-state index contributed by atoms with van der Waals surface area (Å²) in [5.74, 6) is -0.653. The Morgan fingerprint density at radius 3 is 2.42 bits per heavy atom. The van der Waals surface area contributed by atoms with Crippen LogP contribution in [-0.4, -0.2) is 30.8 Å². The van der Waals surface area contributed by atoms with Crippen LogP contribution in [0.2, 0.25) is 0 Å². The van der Waals surface area contributed by atoms with E-state index in [-0.39, 0.29) is 22.9 Å². The van der Waals surface area contributed by atoms with Gasteiger partial charge in [-0.3, -0.25) is 4.79 Å². The third-order valence-electron chi connectivity index (χ3n) is 5.37. The van der Waals surface area contributed by atoms with Crippen LogP contribution in [0, 0.1) is 6.92 Å². The molecular weight excluding hydrogens is 420 g/mol. The van der Waals surface area contributed by atoms with E-state index in [0.717, 1.165) is 16.6 Å². The number of benzene rings is 3. The number of aromatic nitrogens is 4. The summed E-state index contributed by atoms with van der Waals surface area (Å²) in [6.45, 7) is 2.11. The quantitative estimate of drug-likeness (QED) is 0.438. The second-order valence-corrected chi connectivity index (χ2v) is 7.54. The molecule has 0 radical (unpaired) electrons. The molecule has 0 atom stereocenters. The third-order valence-corrected chi connectivity index (χ3v) is 5.37. The van der Waals surface area contributed by atoms with Gasteiger partial charge in [0.05, 0.1) is 28.7 Å². The monoisotopic (exact) mass is 438 g/mol. The first-order valence-electron chi connectivity index (χ1n) is 10.2. The van der Waals surface area contributed by atoms with Gasteiger partial charge in [0.1, 0.15) is 5.69 Å². The molecule has 0 aliphatic rings. The predicted molar refractivity (Wildman–Crippen MR) is 122 cm³/mol. The van der Waals surface area contributed by atoms with Crippen molar-refractivity contribution in [3.63, 3.8) is 0 Å². The Morgan fingerprint density at radius 1 is 0.939 bits per heavy atom. The summed E-state index contributed by atoms with van der Waals surface area (Å²) in [6, 6.07) is 21.5. The average Bonchev–Trinajstić information content (AvgIpc) is 3.32. The number of carboxylic acid groups (broad SMARTS) is 1. The molecule has 2 aromatic heterocycles. The van der Waals surface area contributed by atoms with Gasteiger partial charge in [-0.15, -0.1) is 10.2 Å². The van der Waals surface area contributed by atoms with Crippen molar-refractivity contribution in [2.75, 3.05) is 0 Å². The van der Waals surface area contributed by atoms with Gasteiger partial charge in [-0.1, -0.05) is 36.4 Å². The lowest BCUT2D eigenvalue weighted by molar-refractivity contribution is 0.0697. The standard InChI is InChI=1S/C25H18N4O4/c1-15-24(30)29(21-9-5-4-8-20(21)26-15)14-16-10-12-17(13-11-16)22-27-28-23(33-22)18-6-2-3-7-19(18)25(31)32/h2-13H,14H2,1H3,(H,31,32). The molecule has 0 aliphatic carbocycles. The maximum atomic E-state index is 12.7. The maximum absolute atomic E-state index is 12.7. The number of hydrogen-bond donors (Lipinski definition) is 1. The highest BCUT2D eigenvalue weighted by atomic mass is 16.4. The van der Waals surface area contributed by atoms with Crippen molar-refractivity contribution in [3.05, 3.63) is 100.0 Å². The van der Waals surface area contributed by atoms with Crippen molar-refractivity contribution >= 4 is 17.0 Å². The smallest absolute Gasteiger partial charge is 0.336 e. The molecular formula is C25H18N4O4. The largest absolute Gasteiger partial charge is 0.478 e. The lowest BCUT2D eigenvalue weighted by atomic mass is 10.1. The lowest BCUT2D eigenvalue weighted by Crippen LogP contribution is -2.24. The van der Waals surface area contributed by atoms with Crippen molar-refractivity contribution < 1.29 is 14.3 Å². The van der Waals surface area contributed by atoms with Gasteiger partial charge in [0, 0.05) is 5.56 Å². The van der Waals surface area contributed by atoms with Crippen molar-refractivity contribution in [3.8, 4) is 22.9 Å². The Kier molecular flexibility index (Phi) is 5.02. The molecule has 2 heterocycles. The van der Waals surface area contributed by atoms with E-state index in [1.54, 1.807) is 29.7 Å². The Balaban J connectivity index is 1.45. The minimum atomic E-state index is -1.07. The topological polar surface area (TPSA) is 111 Å². The summed E-state index contributed by atoms with van der Waals surface area (Å²) in [4.78, 5) is 28.6. The molecule has 8 heteroatoms. The Morgan fingerprint density at radius 2 is 1.64 bits per heavy atom. The average molecular weight is 438 g/mol. The number of hydrogen-bond acceptors (Lipinski definition) is 6. The van der Waals surface area contributed by atoms with E-state index in [9.17, 15) is 14.7 Å². The first-order chi connectivity index (χ1) is 16.0. The van der Waals surface area contributed by atoms with Crippen molar-refractivity contribution in [1.82, 2.24) is 19.7 Å². The number of aryl methyl sites for hydroxylation is 1. The Bertz CT molecular complexity index is 1550. The molecule has 0 fully saturated rings. The van der Waals surface area contributed by atoms with Gasteiger partial charge in [0.2, 0.25) is 11.8 Å². The summed E-state index contributed by atoms with van der Waals surface area (Å²) in [7, 11) is 0. The highest BCUT2D eigenvalue weighted by Gasteiger charge is 2.17. The van der Waals surface area contributed by atoms with Gasteiger partial charge in [0.25, 0.3) is 5.56 Å². The van der Waals surface area contributed by atoms with E-state index in [1.807, 2.05) is 48.5 Å². The van der Waals surface area contributed by atoms with E-state index in [2.05, 4.69) is 15.2 Å². The molecule has 5 rings (SSSR count). The van der Waals surface area contributed by atoms with Crippen LogP contribution < -0.4 is 5.56 Å². The SMILES string of the molecule is Cc1nc2ccccc2n(Cc2ccc(-c3nnc(-c4ccccc4C(=O)O)o3)cc2)c1=O. The fourth-order valence-electron chi connectivity index (χ4n) is 3.72. The van der Waals surface area contributed by atoms with Crippen LogP contribution in [0.4, 0.5) is 0 Å². The molecule has 5 aromatic rings. The molecule has 8 nitrogen and oxygen atoms in total. The zero-order chi connectivity index (χ0) is 22.9. The first kappa shape index (κ1) is 20.3. The van der Waals surface area contributed by atoms with Gasteiger partial charge in [0.15, 0.2) is 0 Å². The van der Waals surface area contributed by atoms with E-state index in [1.165, 1.54) is 6.07 Å². The number of rotatable bonds is 5. The first-order valence-corrected chi connectivity index (χ1v) is 10.2. The molecule has 0 bridgehead atoms. The number of fused-ring (bicyclic) bond motifs is 1. The fraction of sp³-hybridized carbons (Fsp3) is 0.0800. The zero-order valence-electron chi connectivity index (χ0n) is 17.6. The summed E-state index contributed by atoms with van der Waals surface area (Å²) in [5.41, 5.74) is 3.93.